The fraction of sp³-hybridized carbons (Fsp3) is 0.353. The lowest BCUT2D eigenvalue weighted by atomic mass is 10.0. The maximum atomic E-state index is 12.0. The van der Waals surface area contributed by atoms with Crippen molar-refractivity contribution in [3.05, 3.63) is 51.8 Å². The van der Waals surface area contributed by atoms with E-state index in [1.165, 1.54) is 5.56 Å². The Labute approximate surface area is 133 Å². The zero-order valence-corrected chi connectivity index (χ0v) is 13.8. The predicted molar refractivity (Wildman–Crippen MR) is 86.0 cm³/mol. The molecule has 0 fully saturated rings. The first-order valence-corrected chi connectivity index (χ1v) is 7.98. The van der Waals surface area contributed by atoms with Gasteiger partial charge in [-0.1, -0.05) is 29.8 Å². The van der Waals surface area contributed by atoms with Crippen LogP contribution in [0.15, 0.2) is 35.1 Å². The maximum absolute atomic E-state index is 12.0. The van der Waals surface area contributed by atoms with Gasteiger partial charge in [0.15, 0.2) is 5.78 Å². The molecule has 4 heteroatoms. The van der Waals surface area contributed by atoms with Crippen LogP contribution in [-0.2, 0) is 13.0 Å². The van der Waals surface area contributed by atoms with E-state index in [1.807, 2.05) is 36.9 Å². The summed E-state index contributed by atoms with van der Waals surface area (Å²) in [5.41, 5.74) is 3.18. The van der Waals surface area contributed by atoms with Gasteiger partial charge >= 0.3 is 0 Å². The topological polar surface area (TPSA) is 31.2 Å². The van der Waals surface area contributed by atoms with Crippen molar-refractivity contribution >= 4 is 21.7 Å². The van der Waals surface area contributed by atoms with Gasteiger partial charge in [-0.15, -0.1) is 0 Å². The van der Waals surface area contributed by atoms with Crippen LogP contribution in [0.5, 0.6) is 5.75 Å². The number of ketones is 1. The van der Waals surface area contributed by atoms with Crippen LogP contribution in [0.3, 0.4) is 0 Å². The molecule has 1 aromatic carbocycles. The molecule has 2 heterocycles. The molecule has 110 valence electrons. The molecule has 2 aromatic rings. The highest BCUT2D eigenvalue weighted by atomic mass is 79.9. The highest BCUT2D eigenvalue weighted by molar-refractivity contribution is 9.10. The number of benzene rings is 1. The average molecular weight is 348 g/mol. The molecule has 0 atom stereocenters. The number of ether oxygens (including phenoxy) is 1. The number of nitrogens with zero attached hydrogens (tertiary/aromatic N) is 1. The Morgan fingerprint density at radius 1 is 1.43 bits per heavy atom. The van der Waals surface area contributed by atoms with Crippen molar-refractivity contribution in [2.45, 2.75) is 26.8 Å². The summed E-state index contributed by atoms with van der Waals surface area (Å²) in [6.07, 6.45) is 4.84. The molecule has 0 spiro atoms. The molecule has 1 aromatic heterocycles. The van der Waals surface area contributed by atoms with Gasteiger partial charge in [0.05, 0.1) is 13.2 Å². The molecule has 0 saturated carbocycles. The van der Waals surface area contributed by atoms with E-state index in [9.17, 15) is 4.79 Å². The van der Waals surface area contributed by atoms with E-state index in [4.69, 9.17) is 4.74 Å². The minimum Gasteiger partial charge on any atom is -0.493 e. The highest BCUT2D eigenvalue weighted by Crippen LogP contribution is 2.33. The van der Waals surface area contributed by atoms with Crippen molar-refractivity contribution < 1.29 is 9.53 Å². The molecule has 1 aliphatic heterocycles. The van der Waals surface area contributed by atoms with E-state index >= 15 is 0 Å². The number of carbonyl (C=O) groups excluding carboxylic acids is 1. The highest BCUT2D eigenvalue weighted by Gasteiger charge is 2.18. The third-order valence-electron chi connectivity index (χ3n) is 3.74. The Bertz CT molecular complexity index is 688. The quantitative estimate of drug-likeness (QED) is 0.780. The van der Waals surface area contributed by atoms with Gasteiger partial charge in [-0.2, -0.15) is 0 Å². The molecule has 0 radical (unpaired) electrons. The van der Waals surface area contributed by atoms with Gasteiger partial charge < -0.3 is 9.30 Å². The maximum Gasteiger partial charge on any atom is 0.166 e. The molecule has 21 heavy (non-hydrogen) atoms. The zero-order chi connectivity index (χ0) is 15.0. The van der Waals surface area contributed by atoms with E-state index in [1.54, 1.807) is 0 Å². The minimum atomic E-state index is 0.0271. The van der Waals surface area contributed by atoms with Gasteiger partial charge in [0.1, 0.15) is 5.75 Å². The number of carbonyl (C=O) groups is 1. The number of aromatic nitrogens is 1. The number of hydrogen-bond acceptors (Lipinski definition) is 2. The molecule has 0 amide bonds. The number of Topliss-reactive ketones (excluding diaryl/α,β-unsaturated/α-hetero) is 1. The average Bonchev–Trinajstić information content (AvgIpc) is 3.06. The molecule has 3 rings (SSSR count). The summed E-state index contributed by atoms with van der Waals surface area (Å²) < 4.78 is 8.87. The molecule has 0 N–H and O–H groups in total. The van der Waals surface area contributed by atoms with Crippen LogP contribution in [0.1, 0.15) is 35.3 Å². The number of rotatable bonds is 4. The molecule has 1 aliphatic rings. The molecule has 0 saturated heterocycles. The van der Waals surface area contributed by atoms with Gasteiger partial charge in [-0.25, -0.2) is 0 Å². The second-order valence-electron chi connectivity index (χ2n) is 5.74. The van der Waals surface area contributed by atoms with E-state index in [-0.39, 0.29) is 11.7 Å². The van der Waals surface area contributed by atoms with Gasteiger partial charge in [0.2, 0.25) is 0 Å². The zero-order valence-electron chi connectivity index (χ0n) is 12.2. The summed E-state index contributed by atoms with van der Waals surface area (Å²) >= 11 is 3.56. The second-order valence-corrected chi connectivity index (χ2v) is 6.66. The van der Waals surface area contributed by atoms with E-state index < -0.39 is 0 Å². The second kappa shape index (κ2) is 5.68. The Hall–Kier alpha value is -1.55. The van der Waals surface area contributed by atoms with Gasteiger partial charge in [-0.3, -0.25) is 4.79 Å². The summed E-state index contributed by atoms with van der Waals surface area (Å²) in [5.74, 6) is 1.22. The lowest BCUT2D eigenvalue weighted by Gasteiger charge is -2.10. The SMILES string of the molecule is CC(C)C(=O)c1ccn(Cc2cc(Br)cc3c2OCC3)c1. The van der Waals surface area contributed by atoms with Crippen molar-refractivity contribution in [2.75, 3.05) is 6.61 Å². The molecular formula is C17H18BrNO2. The van der Waals surface area contributed by atoms with Crippen molar-refractivity contribution in [3.63, 3.8) is 0 Å². The smallest absolute Gasteiger partial charge is 0.166 e. The Kier molecular flexibility index (Phi) is 3.89. The van der Waals surface area contributed by atoms with Crippen molar-refractivity contribution in [2.24, 2.45) is 5.92 Å². The Balaban J connectivity index is 1.86. The van der Waals surface area contributed by atoms with Crippen LogP contribution in [0.4, 0.5) is 0 Å². The van der Waals surface area contributed by atoms with Crippen LogP contribution < -0.4 is 4.74 Å². The van der Waals surface area contributed by atoms with E-state index in [0.717, 1.165) is 34.4 Å². The molecule has 0 aliphatic carbocycles. The van der Waals surface area contributed by atoms with Gasteiger partial charge in [-0.05, 0) is 23.8 Å². The molecular weight excluding hydrogens is 330 g/mol. The lowest BCUT2D eigenvalue weighted by molar-refractivity contribution is 0.0939. The predicted octanol–water partition coefficient (Wildman–Crippen LogP) is 4.07. The van der Waals surface area contributed by atoms with Crippen LogP contribution in [-0.4, -0.2) is 17.0 Å². The van der Waals surface area contributed by atoms with Gasteiger partial charge in [0.25, 0.3) is 0 Å². The first kappa shape index (κ1) is 14.4. The van der Waals surface area contributed by atoms with E-state index in [0.29, 0.717) is 6.54 Å². The van der Waals surface area contributed by atoms with Crippen LogP contribution in [0, 0.1) is 5.92 Å². The van der Waals surface area contributed by atoms with Gasteiger partial charge in [0, 0.05) is 40.3 Å². The monoisotopic (exact) mass is 347 g/mol. The van der Waals surface area contributed by atoms with Crippen molar-refractivity contribution in [1.29, 1.82) is 0 Å². The lowest BCUT2D eigenvalue weighted by Crippen LogP contribution is -2.06. The van der Waals surface area contributed by atoms with Crippen molar-refractivity contribution in [1.82, 2.24) is 4.57 Å². The summed E-state index contributed by atoms with van der Waals surface area (Å²) in [5, 5.41) is 0. The van der Waals surface area contributed by atoms with E-state index in [2.05, 4.69) is 28.1 Å². The largest absolute Gasteiger partial charge is 0.493 e. The first-order valence-electron chi connectivity index (χ1n) is 7.18. The summed E-state index contributed by atoms with van der Waals surface area (Å²) in [6, 6.07) is 6.10. The molecule has 0 unspecified atom stereocenters. The van der Waals surface area contributed by atoms with Crippen LogP contribution in [0.2, 0.25) is 0 Å². The van der Waals surface area contributed by atoms with Crippen molar-refractivity contribution in [3.8, 4) is 5.75 Å². The standard InChI is InChI=1S/C17H18BrNO2/c1-11(2)16(20)13-3-5-19(9-13)10-14-8-15(18)7-12-4-6-21-17(12)14/h3,5,7-9,11H,4,6,10H2,1-2H3. The number of hydrogen-bond donors (Lipinski definition) is 0. The number of fused-ring (bicyclic) bond motifs is 1. The molecule has 0 bridgehead atoms. The third-order valence-corrected chi connectivity index (χ3v) is 4.20. The Morgan fingerprint density at radius 2 is 2.24 bits per heavy atom. The first-order chi connectivity index (χ1) is 10.0. The summed E-state index contributed by atoms with van der Waals surface area (Å²) in [6.45, 7) is 5.32. The number of halogens is 1. The molecule has 3 nitrogen and oxygen atoms in total. The normalized spacial score (nSPS) is 13.3. The fourth-order valence-electron chi connectivity index (χ4n) is 2.68. The Morgan fingerprint density at radius 3 is 3.00 bits per heavy atom. The summed E-state index contributed by atoms with van der Waals surface area (Å²) in [7, 11) is 0. The van der Waals surface area contributed by atoms with Crippen LogP contribution >= 0.6 is 15.9 Å². The fourth-order valence-corrected chi connectivity index (χ4v) is 3.23. The summed E-state index contributed by atoms with van der Waals surface area (Å²) in [4.78, 5) is 12.0. The third kappa shape index (κ3) is 2.91. The minimum absolute atomic E-state index is 0.0271. The van der Waals surface area contributed by atoms with Crippen LogP contribution in [0.25, 0.3) is 0 Å².